The number of nitrogens with zero attached hydrogens (tertiary/aromatic N) is 1. The Kier molecular flexibility index (Phi) is 6.61. The summed E-state index contributed by atoms with van der Waals surface area (Å²) in [5.41, 5.74) is 0.616. The van der Waals surface area contributed by atoms with Gasteiger partial charge in [0.25, 0.3) is 0 Å². The molecule has 1 atom stereocenters. The molecule has 0 aromatic heterocycles. The normalized spacial score (nSPS) is 20.3. The fourth-order valence-corrected chi connectivity index (χ4v) is 3.18. The molecule has 0 saturated carbocycles. The van der Waals surface area contributed by atoms with E-state index in [0.29, 0.717) is 24.4 Å². The molecule has 3 nitrogen and oxygen atoms in total. The van der Waals surface area contributed by atoms with Crippen molar-refractivity contribution in [2.45, 2.75) is 38.7 Å². The lowest BCUT2D eigenvalue weighted by atomic mass is 9.98. The van der Waals surface area contributed by atoms with Gasteiger partial charge in [0.2, 0.25) is 0 Å². The van der Waals surface area contributed by atoms with Gasteiger partial charge in [-0.2, -0.15) is 13.2 Å². The maximum Gasteiger partial charge on any atom is 0.416 e. The first kappa shape index (κ1) is 20.4. The van der Waals surface area contributed by atoms with Crippen LogP contribution in [-0.2, 0) is 12.7 Å². The van der Waals surface area contributed by atoms with Crippen LogP contribution >= 0.6 is 24.8 Å². The smallest absolute Gasteiger partial charge is 0.416 e. The molecule has 0 radical (unpaired) electrons. The Balaban J connectivity index is 0.00000132. The molecule has 1 aromatic carbocycles. The van der Waals surface area contributed by atoms with Crippen LogP contribution in [0.25, 0.3) is 0 Å². The predicted molar refractivity (Wildman–Crippen MR) is 87.7 cm³/mol. The van der Waals surface area contributed by atoms with E-state index < -0.39 is 11.7 Å². The van der Waals surface area contributed by atoms with Crippen molar-refractivity contribution in [2.75, 3.05) is 19.6 Å². The summed E-state index contributed by atoms with van der Waals surface area (Å²) in [6.45, 7) is 6.29. The summed E-state index contributed by atoms with van der Waals surface area (Å²) in [5, 5.41) is 3.25. The molecule has 3 rings (SSSR count). The SMILES string of the molecule is CC(C)Oc1cc2c(c(C(F)(F)F)c1)CN1CCNC[C@@H]21.Cl.Cl. The van der Waals surface area contributed by atoms with Gasteiger partial charge in [0.1, 0.15) is 5.75 Å². The van der Waals surface area contributed by atoms with Gasteiger partial charge in [-0.1, -0.05) is 0 Å². The Morgan fingerprint density at radius 1 is 1.26 bits per heavy atom. The third-order valence-corrected chi connectivity index (χ3v) is 4.01. The molecule has 1 aromatic rings. The summed E-state index contributed by atoms with van der Waals surface area (Å²) in [7, 11) is 0. The van der Waals surface area contributed by atoms with E-state index in [0.717, 1.165) is 24.7 Å². The van der Waals surface area contributed by atoms with Crippen LogP contribution in [-0.4, -0.2) is 30.6 Å². The zero-order valence-electron chi connectivity index (χ0n) is 12.9. The zero-order valence-corrected chi connectivity index (χ0v) is 14.6. The third-order valence-electron chi connectivity index (χ3n) is 4.01. The molecule has 1 fully saturated rings. The number of fused-ring (bicyclic) bond motifs is 3. The fourth-order valence-electron chi connectivity index (χ4n) is 3.18. The Morgan fingerprint density at radius 2 is 1.96 bits per heavy atom. The maximum absolute atomic E-state index is 13.3. The second-order valence-corrected chi connectivity index (χ2v) is 5.89. The van der Waals surface area contributed by atoms with Crippen LogP contribution in [0.15, 0.2) is 12.1 Å². The number of nitrogens with one attached hydrogen (secondary N) is 1. The standard InChI is InChI=1S/C15H19F3N2O.2ClH/c1-9(2)21-10-5-11-12(13(6-10)15(16,17)18)8-20-4-3-19-7-14(11)20;;/h5-6,9,14,19H,3-4,7-8H2,1-2H3;2*1H/t14-;;/m0../s1. The van der Waals surface area contributed by atoms with Gasteiger partial charge < -0.3 is 10.1 Å². The third kappa shape index (κ3) is 4.05. The van der Waals surface area contributed by atoms with Gasteiger partial charge >= 0.3 is 6.18 Å². The lowest BCUT2D eigenvalue weighted by Crippen LogP contribution is -2.42. The average Bonchev–Trinajstić information content (AvgIpc) is 2.74. The molecular formula is C15H21Cl2F3N2O. The van der Waals surface area contributed by atoms with E-state index in [4.69, 9.17) is 4.74 Å². The van der Waals surface area contributed by atoms with E-state index in [1.54, 1.807) is 6.07 Å². The van der Waals surface area contributed by atoms with Gasteiger partial charge in [-0.05, 0) is 37.1 Å². The number of hydrogen-bond donors (Lipinski definition) is 1. The zero-order chi connectivity index (χ0) is 15.2. The summed E-state index contributed by atoms with van der Waals surface area (Å²) in [6, 6.07) is 2.94. The van der Waals surface area contributed by atoms with E-state index in [1.807, 2.05) is 13.8 Å². The van der Waals surface area contributed by atoms with Gasteiger partial charge in [-0.3, -0.25) is 4.90 Å². The summed E-state index contributed by atoms with van der Waals surface area (Å²) < 4.78 is 45.6. The molecule has 23 heavy (non-hydrogen) atoms. The molecule has 0 spiro atoms. The van der Waals surface area contributed by atoms with Gasteiger partial charge in [-0.25, -0.2) is 0 Å². The average molecular weight is 373 g/mol. The Labute approximate surface area is 146 Å². The van der Waals surface area contributed by atoms with Crippen molar-refractivity contribution in [3.8, 4) is 5.75 Å². The molecule has 0 bridgehead atoms. The van der Waals surface area contributed by atoms with Crippen LogP contribution in [0.4, 0.5) is 13.2 Å². The lowest BCUT2D eigenvalue weighted by molar-refractivity contribution is -0.138. The van der Waals surface area contributed by atoms with Crippen molar-refractivity contribution in [1.82, 2.24) is 10.2 Å². The van der Waals surface area contributed by atoms with E-state index >= 15 is 0 Å². The molecule has 2 aliphatic heterocycles. The van der Waals surface area contributed by atoms with E-state index in [1.165, 1.54) is 0 Å². The highest BCUT2D eigenvalue weighted by atomic mass is 35.5. The van der Waals surface area contributed by atoms with Crippen LogP contribution in [0.3, 0.4) is 0 Å². The summed E-state index contributed by atoms with van der Waals surface area (Å²) in [5.74, 6) is 0.309. The minimum Gasteiger partial charge on any atom is -0.491 e. The number of rotatable bonds is 2. The van der Waals surface area contributed by atoms with Crippen LogP contribution < -0.4 is 10.1 Å². The van der Waals surface area contributed by atoms with Crippen LogP contribution in [0.1, 0.15) is 36.6 Å². The van der Waals surface area contributed by atoms with E-state index in [9.17, 15) is 13.2 Å². The van der Waals surface area contributed by atoms with E-state index in [2.05, 4.69) is 10.2 Å². The first-order valence-electron chi connectivity index (χ1n) is 7.21. The molecule has 1 saturated heterocycles. The molecule has 0 amide bonds. The largest absolute Gasteiger partial charge is 0.491 e. The van der Waals surface area contributed by atoms with Gasteiger partial charge in [0.05, 0.1) is 11.7 Å². The Bertz CT molecular complexity index is 552. The van der Waals surface area contributed by atoms with Crippen LogP contribution in [0, 0.1) is 0 Å². The maximum atomic E-state index is 13.3. The first-order chi connectivity index (χ1) is 9.86. The topological polar surface area (TPSA) is 24.5 Å². The molecular weight excluding hydrogens is 352 g/mol. The summed E-state index contributed by atoms with van der Waals surface area (Å²) in [4.78, 5) is 2.11. The fraction of sp³-hybridized carbons (Fsp3) is 0.600. The van der Waals surface area contributed by atoms with Crippen molar-refractivity contribution < 1.29 is 17.9 Å². The second-order valence-electron chi connectivity index (χ2n) is 5.89. The summed E-state index contributed by atoms with van der Waals surface area (Å²) >= 11 is 0. The quantitative estimate of drug-likeness (QED) is 0.854. The van der Waals surface area contributed by atoms with Crippen molar-refractivity contribution in [3.05, 3.63) is 28.8 Å². The Morgan fingerprint density at radius 3 is 2.57 bits per heavy atom. The number of piperazine rings is 1. The number of halogens is 5. The predicted octanol–water partition coefficient (Wildman–Crippen LogP) is 3.80. The van der Waals surface area contributed by atoms with Crippen molar-refractivity contribution in [2.24, 2.45) is 0 Å². The number of alkyl halides is 3. The van der Waals surface area contributed by atoms with Gasteiger partial charge in [0.15, 0.2) is 0 Å². The van der Waals surface area contributed by atoms with Crippen molar-refractivity contribution >= 4 is 24.8 Å². The molecule has 8 heteroatoms. The second kappa shape index (κ2) is 7.47. The van der Waals surface area contributed by atoms with Crippen molar-refractivity contribution in [3.63, 3.8) is 0 Å². The van der Waals surface area contributed by atoms with Gasteiger partial charge in [-0.15, -0.1) is 24.8 Å². The number of ether oxygens (including phenoxy) is 1. The molecule has 132 valence electrons. The highest BCUT2D eigenvalue weighted by molar-refractivity contribution is 5.85. The molecule has 0 unspecified atom stereocenters. The lowest BCUT2D eigenvalue weighted by Gasteiger charge is -2.30. The Hall–Kier alpha value is -0.690. The highest BCUT2D eigenvalue weighted by Gasteiger charge is 2.41. The van der Waals surface area contributed by atoms with Gasteiger partial charge in [0, 0.05) is 32.2 Å². The molecule has 1 N–H and O–H groups in total. The molecule has 2 aliphatic rings. The van der Waals surface area contributed by atoms with Crippen LogP contribution in [0.5, 0.6) is 5.75 Å². The minimum absolute atomic E-state index is 0. The van der Waals surface area contributed by atoms with Crippen molar-refractivity contribution in [1.29, 1.82) is 0 Å². The number of hydrogen-bond acceptors (Lipinski definition) is 3. The number of benzene rings is 1. The molecule has 2 heterocycles. The van der Waals surface area contributed by atoms with Crippen LogP contribution in [0.2, 0.25) is 0 Å². The first-order valence-corrected chi connectivity index (χ1v) is 7.21. The summed E-state index contributed by atoms with van der Waals surface area (Å²) in [6.07, 6.45) is -4.49. The monoisotopic (exact) mass is 372 g/mol. The molecule has 0 aliphatic carbocycles. The highest BCUT2D eigenvalue weighted by Crippen LogP contribution is 2.44. The van der Waals surface area contributed by atoms with E-state index in [-0.39, 0.29) is 37.0 Å². The minimum atomic E-state index is -4.34.